The second-order valence-corrected chi connectivity index (χ2v) is 4.05. The van der Waals surface area contributed by atoms with Crippen LogP contribution in [-0.4, -0.2) is 40.3 Å². The van der Waals surface area contributed by atoms with Crippen LogP contribution in [0.4, 0.5) is 11.6 Å². The third-order valence-electron chi connectivity index (χ3n) is 2.55. The first kappa shape index (κ1) is 14.0. The lowest BCUT2D eigenvalue weighted by atomic mass is 10.4. The van der Waals surface area contributed by atoms with Crippen molar-refractivity contribution in [3.05, 3.63) is 18.0 Å². The molecule has 2 heterocycles. The molecule has 0 atom stereocenters. The molecule has 0 aromatic carbocycles. The van der Waals surface area contributed by atoms with Crippen molar-refractivity contribution in [3.63, 3.8) is 0 Å². The highest BCUT2D eigenvalue weighted by Crippen LogP contribution is 2.28. The first-order chi connectivity index (χ1) is 9.74. The molecule has 0 unspecified atom stereocenters. The van der Waals surface area contributed by atoms with E-state index in [0.717, 1.165) is 6.54 Å². The molecule has 0 aliphatic carbocycles. The fourth-order valence-corrected chi connectivity index (χ4v) is 1.72. The van der Waals surface area contributed by atoms with E-state index < -0.39 is 0 Å². The summed E-state index contributed by atoms with van der Waals surface area (Å²) >= 11 is 0. The van der Waals surface area contributed by atoms with E-state index in [9.17, 15) is 0 Å². The summed E-state index contributed by atoms with van der Waals surface area (Å²) in [6, 6.07) is 0. The molecule has 0 saturated heterocycles. The van der Waals surface area contributed by atoms with Crippen molar-refractivity contribution in [3.8, 4) is 5.75 Å². The maximum absolute atomic E-state index is 5.33. The van der Waals surface area contributed by atoms with Crippen molar-refractivity contribution in [2.45, 2.75) is 20.3 Å². The van der Waals surface area contributed by atoms with Crippen LogP contribution in [0.15, 0.2) is 10.9 Å². The normalized spacial score (nSPS) is 10.3. The monoisotopic (exact) mass is 278 g/mol. The highest BCUT2D eigenvalue weighted by atomic mass is 16.5. The Hall–Kier alpha value is -2.38. The van der Waals surface area contributed by atoms with Gasteiger partial charge in [-0.1, -0.05) is 5.16 Å². The number of ether oxygens (including phenoxy) is 1. The van der Waals surface area contributed by atoms with Crippen LogP contribution >= 0.6 is 0 Å². The van der Waals surface area contributed by atoms with Crippen molar-refractivity contribution >= 4 is 11.6 Å². The lowest BCUT2D eigenvalue weighted by molar-refractivity contribution is 0.376. The van der Waals surface area contributed by atoms with Gasteiger partial charge in [-0.3, -0.25) is 0 Å². The molecule has 2 rings (SSSR count). The third-order valence-corrected chi connectivity index (χ3v) is 2.55. The predicted octanol–water partition coefficient (Wildman–Crippen LogP) is 1.26. The Labute approximate surface area is 117 Å². The van der Waals surface area contributed by atoms with Crippen molar-refractivity contribution in [2.24, 2.45) is 0 Å². The van der Waals surface area contributed by atoms with Gasteiger partial charge in [-0.05, 0) is 13.8 Å². The summed E-state index contributed by atoms with van der Waals surface area (Å²) in [5.41, 5.74) is 0. The zero-order valence-electron chi connectivity index (χ0n) is 11.8. The van der Waals surface area contributed by atoms with Crippen molar-refractivity contribution in [1.29, 1.82) is 0 Å². The molecule has 8 heteroatoms. The van der Waals surface area contributed by atoms with E-state index in [2.05, 4.69) is 30.7 Å². The second-order valence-electron chi connectivity index (χ2n) is 4.05. The van der Waals surface area contributed by atoms with Crippen molar-refractivity contribution < 1.29 is 9.26 Å². The van der Waals surface area contributed by atoms with Crippen LogP contribution in [0.5, 0.6) is 5.75 Å². The molecule has 0 aliphatic heterocycles. The molecule has 2 N–H and O–H groups in total. The third kappa shape index (κ3) is 3.34. The average molecular weight is 278 g/mol. The SMILES string of the molecule is CCNc1ncnc(NCCc2nc(C)no2)c1OC. The average Bonchev–Trinajstić information content (AvgIpc) is 2.85. The van der Waals surface area contributed by atoms with Gasteiger partial charge in [0.25, 0.3) is 0 Å². The number of nitrogens with one attached hydrogen (secondary N) is 2. The van der Waals surface area contributed by atoms with Gasteiger partial charge in [0.2, 0.25) is 11.6 Å². The van der Waals surface area contributed by atoms with Gasteiger partial charge in [-0.2, -0.15) is 4.98 Å². The second kappa shape index (κ2) is 6.69. The smallest absolute Gasteiger partial charge is 0.228 e. The van der Waals surface area contributed by atoms with Crippen LogP contribution in [0.3, 0.4) is 0 Å². The largest absolute Gasteiger partial charge is 0.490 e. The number of aryl methyl sites for hydroxylation is 1. The Morgan fingerprint density at radius 3 is 2.60 bits per heavy atom. The first-order valence-electron chi connectivity index (χ1n) is 6.40. The van der Waals surface area contributed by atoms with E-state index in [0.29, 0.717) is 42.1 Å². The number of methoxy groups -OCH3 is 1. The molecule has 2 aromatic rings. The number of aromatic nitrogens is 4. The fourth-order valence-electron chi connectivity index (χ4n) is 1.72. The summed E-state index contributed by atoms with van der Waals surface area (Å²) in [6.07, 6.45) is 2.10. The standard InChI is InChI=1S/C12H18N6O2/c1-4-13-11-10(19-3)12(16-7-15-11)14-6-5-9-17-8(2)18-20-9/h7H,4-6H2,1-3H3,(H2,13,14,15,16). The van der Waals surface area contributed by atoms with E-state index in [1.165, 1.54) is 6.33 Å². The molecule has 0 radical (unpaired) electrons. The van der Waals surface area contributed by atoms with Gasteiger partial charge < -0.3 is 19.9 Å². The van der Waals surface area contributed by atoms with E-state index in [4.69, 9.17) is 9.26 Å². The molecule has 0 aliphatic rings. The summed E-state index contributed by atoms with van der Waals surface area (Å²) in [6.45, 7) is 5.15. The predicted molar refractivity (Wildman–Crippen MR) is 74.0 cm³/mol. The highest BCUT2D eigenvalue weighted by Gasteiger charge is 2.11. The summed E-state index contributed by atoms with van der Waals surface area (Å²) in [5, 5.41) is 10.0. The first-order valence-corrected chi connectivity index (χ1v) is 6.40. The molecule has 8 nitrogen and oxygen atoms in total. The van der Waals surface area contributed by atoms with E-state index in [-0.39, 0.29) is 0 Å². The number of anilines is 2. The Balaban J connectivity index is 1.99. The Morgan fingerprint density at radius 1 is 1.25 bits per heavy atom. The quantitative estimate of drug-likeness (QED) is 0.781. The minimum atomic E-state index is 0.593. The molecule has 0 saturated carbocycles. The van der Waals surface area contributed by atoms with Gasteiger partial charge >= 0.3 is 0 Å². The lowest BCUT2D eigenvalue weighted by Gasteiger charge is -2.12. The highest BCUT2D eigenvalue weighted by molar-refractivity contribution is 5.63. The molecule has 2 aromatic heterocycles. The minimum absolute atomic E-state index is 0.593. The minimum Gasteiger partial charge on any atom is -0.490 e. The number of hydrogen-bond acceptors (Lipinski definition) is 8. The number of rotatable bonds is 7. The van der Waals surface area contributed by atoms with E-state index in [1.54, 1.807) is 14.0 Å². The van der Waals surface area contributed by atoms with Gasteiger partial charge in [0.15, 0.2) is 17.5 Å². The van der Waals surface area contributed by atoms with Crippen molar-refractivity contribution in [1.82, 2.24) is 20.1 Å². The molecule has 0 spiro atoms. The number of hydrogen-bond donors (Lipinski definition) is 2. The summed E-state index contributed by atoms with van der Waals surface area (Å²) in [7, 11) is 1.59. The summed E-state index contributed by atoms with van der Waals surface area (Å²) < 4.78 is 10.4. The summed E-state index contributed by atoms with van der Waals surface area (Å²) in [5.74, 6) is 3.12. The Bertz CT molecular complexity index is 557. The summed E-state index contributed by atoms with van der Waals surface area (Å²) in [4.78, 5) is 12.5. The zero-order chi connectivity index (χ0) is 14.4. The fraction of sp³-hybridized carbons (Fsp3) is 0.500. The van der Waals surface area contributed by atoms with Gasteiger partial charge in [0, 0.05) is 19.5 Å². The molecule has 0 amide bonds. The van der Waals surface area contributed by atoms with Crippen LogP contribution < -0.4 is 15.4 Å². The van der Waals surface area contributed by atoms with Crippen LogP contribution in [0.25, 0.3) is 0 Å². The van der Waals surface area contributed by atoms with Gasteiger partial charge in [0.05, 0.1) is 7.11 Å². The molecular formula is C12H18N6O2. The molecule has 0 bridgehead atoms. The molecule has 108 valence electrons. The lowest BCUT2D eigenvalue weighted by Crippen LogP contribution is -2.10. The zero-order valence-corrected chi connectivity index (χ0v) is 11.8. The van der Waals surface area contributed by atoms with Gasteiger partial charge in [-0.15, -0.1) is 0 Å². The van der Waals surface area contributed by atoms with Crippen LogP contribution in [-0.2, 0) is 6.42 Å². The van der Waals surface area contributed by atoms with Crippen LogP contribution in [0.2, 0.25) is 0 Å². The van der Waals surface area contributed by atoms with Crippen molar-refractivity contribution in [2.75, 3.05) is 30.8 Å². The van der Waals surface area contributed by atoms with E-state index in [1.807, 2.05) is 6.92 Å². The van der Waals surface area contributed by atoms with Gasteiger partial charge in [-0.25, -0.2) is 9.97 Å². The van der Waals surface area contributed by atoms with E-state index >= 15 is 0 Å². The van der Waals surface area contributed by atoms with Crippen LogP contribution in [0, 0.1) is 6.92 Å². The Kier molecular flexibility index (Phi) is 4.70. The number of nitrogens with zero attached hydrogens (tertiary/aromatic N) is 4. The molecular weight excluding hydrogens is 260 g/mol. The topological polar surface area (TPSA) is 98.0 Å². The van der Waals surface area contributed by atoms with Crippen LogP contribution in [0.1, 0.15) is 18.6 Å². The maximum atomic E-state index is 5.33. The van der Waals surface area contributed by atoms with Gasteiger partial charge in [0.1, 0.15) is 6.33 Å². The molecule has 0 fully saturated rings. The molecule has 20 heavy (non-hydrogen) atoms. The Morgan fingerprint density at radius 2 is 2.00 bits per heavy atom. The maximum Gasteiger partial charge on any atom is 0.228 e.